The van der Waals surface area contributed by atoms with E-state index in [1.54, 1.807) is 0 Å². The van der Waals surface area contributed by atoms with Gasteiger partial charge in [0.2, 0.25) is 21.8 Å². The second-order valence-corrected chi connectivity index (χ2v) is 12.2. The molecule has 0 aromatic heterocycles. The molecule has 7 nitrogen and oxygen atoms in total. The van der Waals surface area contributed by atoms with Gasteiger partial charge in [-0.3, -0.25) is 9.59 Å². The van der Waals surface area contributed by atoms with E-state index < -0.39 is 43.4 Å². The zero-order valence-corrected chi connectivity index (χ0v) is 19.9. The van der Waals surface area contributed by atoms with E-state index in [0.717, 1.165) is 41.8 Å². The molecule has 3 N–H and O–H groups in total. The molecule has 0 saturated heterocycles. The number of sulfonamides is 1. The number of nitrogens with two attached hydrogens (primary N) is 1. The molecule has 5 rings (SSSR count). The van der Waals surface area contributed by atoms with Crippen LogP contribution in [0.25, 0.3) is 0 Å². The fourth-order valence-corrected chi connectivity index (χ4v) is 8.58. The van der Waals surface area contributed by atoms with Crippen molar-refractivity contribution in [3.05, 3.63) is 29.8 Å². The summed E-state index contributed by atoms with van der Waals surface area (Å²) < 4.78 is 55.9. The van der Waals surface area contributed by atoms with Crippen LogP contribution in [0, 0.1) is 34.8 Å². The fraction of sp³-hybridized carbons (Fsp3) is 0.652. The highest BCUT2D eigenvalue weighted by atomic mass is 32.2. The highest BCUT2D eigenvalue weighted by Gasteiger charge is 2.58. The van der Waals surface area contributed by atoms with E-state index in [1.807, 2.05) is 0 Å². The summed E-state index contributed by atoms with van der Waals surface area (Å²) in [7, 11) is -4.64. The molecule has 0 radical (unpaired) electrons. The molecule has 0 aliphatic heterocycles. The zero-order valence-electron chi connectivity index (χ0n) is 19.1. The van der Waals surface area contributed by atoms with Crippen LogP contribution in [-0.4, -0.2) is 42.7 Å². The van der Waals surface area contributed by atoms with Gasteiger partial charge in [0.25, 0.3) is 0 Å². The van der Waals surface area contributed by atoms with Crippen molar-refractivity contribution in [2.75, 3.05) is 6.54 Å². The molecule has 2 amide bonds. The summed E-state index contributed by atoms with van der Waals surface area (Å²) in [5, 5.41) is 3.04. The fourth-order valence-electron chi connectivity index (χ4n) is 6.71. The third kappa shape index (κ3) is 3.75. The van der Waals surface area contributed by atoms with Gasteiger partial charge >= 0.3 is 0 Å². The Labute approximate surface area is 193 Å². The molecule has 4 aliphatic carbocycles. The van der Waals surface area contributed by atoms with Crippen molar-refractivity contribution in [3.8, 4) is 0 Å². The van der Waals surface area contributed by atoms with Crippen LogP contribution >= 0.6 is 0 Å². The summed E-state index contributed by atoms with van der Waals surface area (Å²) in [6.45, 7) is 4.23. The summed E-state index contributed by atoms with van der Waals surface area (Å²) in [6, 6.07) is 2.65. The summed E-state index contributed by atoms with van der Waals surface area (Å²) in [6.07, 6.45) is 3.84. The summed E-state index contributed by atoms with van der Waals surface area (Å²) >= 11 is 0. The number of halogens is 2. The van der Waals surface area contributed by atoms with Crippen molar-refractivity contribution in [1.29, 1.82) is 0 Å². The predicted molar refractivity (Wildman–Crippen MR) is 117 cm³/mol. The van der Waals surface area contributed by atoms with E-state index in [-0.39, 0.29) is 30.3 Å². The van der Waals surface area contributed by atoms with E-state index in [2.05, 4.69) is 5.32 Å². The first-order valence-electron chi connectivity index (χ1n) is 11.4. The van der Waals surface area contributed by atoms with Crippen molar-refractivity contribution < 1.29 is 26.8 Å². The van der Waals surface area contributed by atoms with Crippen LogP contribution in [0.1, 0.15) is 52.9 Å². The van der Waals surface area contributed by atoms with Crippen LogP contribution in [0.3, 0.4) is 0 Å². The van der Waals surface area contributed by atoms with Crippen molar-refractivity contribution in [2.24, 2.45) is 28.9 Å². The topological polar surface area (TPSA) is 110 Å². The largest absolute Gasteiger partial charge is 0.369 e. The van der Waals surface area contributed by atoms with Gasteiger partial charge in [0.1, 0.15) is 17.2 Å². The Bertz CT molecular complexity index is 1050. The Morgan fingerprint density at radius 3 is 2.18 bits per heavy atom. The monoisotopic (exact) mass is 483 g/mol. The Kier molecular flexibility index (Phi) is 5.84. The number of hydrogen-bond acceptors (Lipinski definition) is 4. The van der Waals surface area contributed by atoms with Gasteiger partial charge in [0.05, 0.1) is 0 Å². The minimum Gasteiger partial charge on any atom is -0.369 e. The number of carbonyl (C=O) groups is 2. The van der Waals surface area contributed by atoms with E-state index in [9.17, 15) is 26.8 Å². The molecule has 2 atom stereocenters. The Morgan fingerprint density at radius 2 is 1.70 bits per heavy atom. The van der Waals surface area contributed by atoms with Crippen molar-refractivity contribution in [3.63, 3.8) is 0 Å². The maximum atomic E-state index is 14.3. The molecule has 0 heterocycles. The quantitative estimate of drug-likeness (QED) is 0.621. The molecular formula is C23H31F2N3O4S. The van der Waals surface area contributed by atoms with E-state index in [1.165, 1.54) is 20.8 Å². The minimum absolute atomic E-state index is 0.0965. The molecule has 1 aromatic carbocycles. The molecule has 0 spiro atoms. The molecule has 10 heteroatoms. The lowest BCUT2D eigenvalue weighted by molar-refractivity contribution is -0.148. The number of rotatable bonds is 7. The molecule has 4 bridgehead atoms. The van der Waals surface area contributed by atoms with Gasteiger partial charge < -0.3 is 11.1 Å². The van der Waals surface area contributed by atoms with Crippen molar-refractivity contribution in [2.45, 2.75) is 69.4 Å². The summed E-state index contributed by atoms with van der Waals surface area (Å²) in [5.41, 5.74) is 3.63. The predicted octanol–water partition coefficient (Wildman–Crippen LogP) is 2.55. The van der Waals surface area contributed by atoms with Crippen LogP contribution in [0.2, 0.25) is 0 Å². The molecule has 2 unspecified atom stereocenters. The average Bonchev–Trinajstić information content (AvgIpc) is 2.69. The molecule has 182 valence electrons. The lowest BCUT2D eigenvalue weighted by Gasteiger charge is -2.59. The summed E-state index contributed by atoms with van der Waals surface area (Å²) in [5.74, 6) is -2.62. The number of hydrogen-bond donors (Lipinski definition) is 2. The maximum absolute atomic E-state index is 14.3. The standard InChI is InChI=1S/C23H31F2N3O4S/c1-4-28(33(31,32)19-16(24)6-5-7-17(19)25)22(2,3)21(30)27-18-14-8-13-9-15(18)12-23(10-13,11-14)20(26)29/h5-7,13-15,18H,4,8-12H2,1-3H3,(H2,26,29)(H,27,30). The third-order valence-corrected chi connectivity index (χ3v) is 10.2. The van der Waals surface area contributed by atoms with Gasteiger partial charge in [-0.2, -0.15) is 4.31 Å². The third-order valence-electron chi connectivity index (χ3n) is 8.03. The molecule has 4 fully saturated rings. The number of amides is 2. The molecular weight excluding hydrogens is 452 g/mol. The van der Waals surface area contributed by atoms with Gasteiger partial charge in [0, 0.05) is 18.0 Å². The van der Waals surface area contributed by atoms with Gasteiger partial charge in [0.15, 0.2) is 4.90 Å². The smallest absolute Gasteiger partial charge is 0.249 e. The maximum Gasteiger partial charge on any atom is 0.249 e. The SMILES string of the molecule is CCN(C(C)(C)C(=O)NC1C2CC3CC1CC(C(N)=O)(C3)C2)S(=O)(=O)c1c(F)cccc1F. The first-order chi connectivity index (χ1) is 15.3. The number of benzene rings is 1. The minimum atomic E-state index is -4.64. The molecule has 1 aromatic rings. The highest BCUT2D eigenvalue weighted by molar-refractivity contribution is 7.89. The number of carbonyl (C=O) groups excluding carboxylic acids is 2. The number of nitrogens with zero attached hydrogens (tertiary/aromatic N) is 1. The Balaban J connectivity index is 1.58. The van der Waals surface area contributed by atoms with Crippen LogP contribution in [0.4, 0.5) is 8.78 Å². The highest BCUT2D eigenvalue weighted by Crippen LogP contribution is 2.60. The van der Waals surface area contributed by atoms with Crippen molar-refractivity contribution in [1.82, 2.24) is 9.62 Å². The van der Waals surface area contributed by atoms with Gasteiger partial charge in [-0.15, -0.1) is 0 Å². The Hall–Kier alpha value is -2.07. The lowest BCUT2D eigenvalue weighted by Crippen LogP contribution is -2.65. The van der Waals surface area contributed by atoms with Crippen LogP contribution in [-0.2, 0) is 19.6 Å². The van der Waals surface area contributed by atoms with Gasteiger partial charge in [-0.1, -0.05) is 13.0 Å². The summed E-state index contributed by atoms with van der Waals surface area (Å²) in [4.78, 5) is 24.5. The number of nitrogens with one attached hydrogen (secondary N) is 1. The molecule has 4 aliphatic rings. The van der Waals surface area contributed by atoms with E-state index in [4.69, 9.17) is 5.73 Å². The van der Waals surface area contributed by atoms with Crippen LogP contribution in [0.15, 0.2) is 23.1 Å². The molecule has 33 heavy (non-hydrogen) atoms. The molecule has 4 saturated carbocycles. The van der Waals surface area contributed by atoms with Gasteiger partial charge in [-0.05, 0) is 75.8 Å². The van der Waals surface area contributed by atoms with E-state index >= 15 is 0 Å². The number of likely N-dealkylation sites (N-methyl/N-ethyl adjacent to an activating group) is 1. The van der Waals surface area contributed by atoms with Crippen LogP contribution < -0.4 is 11.1 Å². The average molecular weight is 484 g/mol. The van der Waals surface area contributed by atoms with Crippen molar-refractivity contribution >= 4 is 21.8 Å². The normalized spacial score (nSPS) is 31.1. The first kappa shape index (κ1) is 24.1. The second-order valence-electron chi connectivity index (χ2n) is 10.4. The van der Waals surface area contributed by atoms with Gasteiger partial charge in [-0.25, -0.2) is 17.2 Å². The Morgan fingerprint density at radius 1 is 1.15 bits per heavy atom. The van der Waals surface area contributed by atoms with Crippen LogP contribution in [0.5, 0.6) is 0 Å². The van der Waals surface area contributed by atoms with E-state index in [0.29, 0.717) is 18.8 Å². The zero-order chi connectivity index (χ0) is 24.3. The number of primary amides is 1. The first-order valence-corrected chi connectivity index (χ1v) is 12.8. The second kappa shape index (κ2) is 8.01. The lowest BCUT2D eigenvalue weighted by atomic mass is 9.47.